The van der Waals surface area contributed by atoms with E-state index in [1.165, 1.54) is 23.2 Å². The van der Waals surface area contributed by atoms with Gasteiger partial charge in [0.1, 0.15) is 5.82 Å². The van der Waals surface area contributed by atoms with Gasteiger partial charge in [-0.2, -0.15) is 5.10 Å². The zero-order chi connectivity index (χ0) is 21.8. The van der Waals surface area contributed by atoms with Gasteiger partial charge in [-0.05, 0) is 62.3 Å². The molecule has 1 atom stereocenters. The smallest absolute Gasteiger partial charge is 0.246 e. The van der Waals surface area contributed by atoms with Crippen LogP contribution in [0.4, 0.5) is 4.39 Å². The number of benzene rings is 1. The molecule has 1 aliphatic carbocycles. The van der Waals surface area contributed by atoms with Gasteiger partial charge in [-0.25, -0.2) is 17.8 Å². The Morgan fingerprint density at radius 2 is 1.87 bits per heavy atom. The molecule has 1 aromatic heterocycles. The molecule has 4 rings (SSSR count). The summed E-state index contributed by atoms with van der Waals surface area (Å²) in [6.45, 7) is 1.49. The van der Waals surface area contributed by atoms with Gasteiger partial charge >= 0.3 is 0 Å². The molecule has 31 heavy (non-hydrogen) atoms. The summed E-state index contributed by atoms with van der Waals surface area (Å²) < 4.78 is 40.3. The summed E-state index contributed by atoms with van der Waals surface area (Å²) in [5.41, 5.74) is 4.14. The molecule has 1 saturated heterocycles. The van der Waals surface area contributed by atoms with Gasteiger partial charge in [0, 0.05) is 42.7 Å². The predicted octanol–water partition coefficient (Wildman–Crippen LogP) is 3.90. The lowest BCUT2D eigenvalue weighted by Gasteiger charge is -2.25. The summed E-state index contributed by atoms with van der Waals surface area (Å²) in [6.07, 6.45) is 9.72. The first-order valence-electron chi connectivity index (χ1n) is 11.2. The van der Waals surface area contributed by atoms with Crippen molar-refractivity contribution in [3.8, 4) is 0 Å². The van der Waals surface area contributed by atoms with Gasteiger partial charge in [0.25, 0.3) is 0 Å². The summed E-state index contributed by atoms with van der Waals surface area (Å²) >= 11 is 0. The minimum Gasteiger partial charge on any atom is -0.271 e. The Morgan fingerprint density at radius 3 is 2.61 bits per heavy atom. The SMILES string of the molecule is Cn1nc(C=CS(=O)(=O)NN2CCCCC2)c2c1C(Cc1ccc(F)cc1)CCCC2. The van der Waals surface area contributed by atoms with Crippen LogP contribution in [0.1, 0.15) is 67.0 Å². The van der Waals surface area contributed by atoms with Gasteiger partial charge < -0.3 is 0 Å². The molecule has 2 aromatic rings. The second-order valence-corrected chi connectivity index (χ2v) is 10.2. The minimum atomic E-state index is -3.56. The largest absolute Gasteiger partial charge is 0.271 e. The molecule has 2 heterocycles. The van der Waals surface area contributed by atoms with Crippen molar-refractivity contribution in [1.82, 2.24) is 19.6 Å². The van der Waals surface area contributed by atoms with Gasteiger partial charge in [0.05, 0.1) is 5.69 Å². The number of fused-ring (bicyclic) bond motifs is 1. The number of hydrogen-bond acceptors (Lipinski definition) is 4. The fourth-order valence-corrected chi connectivity index (χ4v) is 5.70. The van der Waals surface area contributed by atoms with E-state index in [-0.39, 0.29) is 11.7 Å². The van der Waals surface area contributed by atoms with Crippen molar-refractivity contribution in [3.63, 3.8) is 0 Å². The fourth-order valence-electron chi connectivity index (χ4n) is 4.79. The van der Waals surface area contributed by atoms with Crippen LogP contribution < -0.4 is 4.83 Å². The first kappa shape index (κ1) is 22.2. The molecule has 8 heteroatoms. The molecule has 0 saturated carbocycles. The summed E-state index contributed by atoms with van der Waals surface area (Å²) in [7, 11) is -1.63. The molecular formula is C23H31FN4O2S. The lowest BCUT2D eigenvalue weighted by Crippen LogP contribution is -2.44. The third-order valence-electron chi connectivity index (χ3n) is 6.25. The van der Waals surface area contributed by atoms with Crippen LogP contribution in [0.15, 0.2) is 29.7 Å². The molecule has 1 N–H and O–H groups in total. The van der Waals surface area contributed by atoms with Crippen LogP contribution in [0.3, 0.4) is 0 Å². The fraction of sp³-hybridized carbons (Fsp3) is 0.522. The van der Waals surface area contributed by atoms with E-state index < -0.39 is 10.0 Å². The standard InChI is InChI=1S/C23H31FN4O2S/c1-27-23-19(17-18-9-11-20(24)12-10-18)7-3-4-8-21(23)22(25-27)13-16-31(29,30)26-28-14-5-2-6-15-28/h9-13,16,19,26H,2-8,14-15,17H2,1H3. The third-order valence-corrected chi connectivity index (χ3v) is 7.26. The monoisotopic (exact) mass is 446 g/mol. The Kier molecular flexibility index (Phi) is 6.89. The number of halogens is 1. The molecule has 168 valence electrons. The molecular weight excluding hydrogens is 415 g/mol. The van der Waals surface area contributed by atoms with E-state index in [9.17, 15) is 12.8 Å². The molecule has 0 bridgehead atoms. The van der Waals surface area contributed by atoms with E-state index in [0.717, 1.165) is 81.3 Å². The van der Waals surface area contributed by atoms with Crippen molar-refractivity contribution in [1.29, 1.82) is 0 Å². The highest BCUT2D eigenvalue weighted by molar-refractivity contribution is 7.92. The first-order valence-corrected chi connectivity index (χ1v) is 12.7. The predicted molar refractivity (Wildman–Crippen MR) is 120 cm³/mol. The molecule has 1 aliphatic heterocycles. The van der Waals surface area contributed by atoms with Gasteiger partial charge in [0.2, 0.25) is 10.0 Å². The van der Waals surface area contributed by atoms with E-state index in [1.807, 2.05) is 23.9 Å². The summed E-state index contributed by atoms with van der Waals surface area (Å²) in [5.74, 6) is 0.0586. The van der Waals surface area contributed by atoms with Crippen LogP contribution in [0.25, 0.3) is 6.08 Å². The lowest BCUT2D eigenvalue weighted by atomic mass is 9.91. The van der Waals surface area contributed by atoms with Gasteiger partial charge in [-0.3, -0.25) is 4.68 Å². The Balaban J connectivity index is 1.55. The van der Waals surface area contributed by atoms with Crippen LogP contribution in [-0.2, 0) is 29.9 Å². The van der Waals surface area contributed by atoms with E-state index in [1.54, 1.807) is 11.1 Å². The van der Waals surface area contributed by atoms with Gasteiger partial charge in [-0.1, -0.05) is 25.0 Å². The highest BCUT2D eigenvalue weighted by Gasteiger charge is 2.26. The van der Waals surface area contributed by atoms with Gasteiger partial charge in [0.15, 0.2) is 0 Å². The van der Waals surface area contributed by atoms with E-state index >= 15 is 0 Å². The Hall–Kier alpha value is -2.03. The van der Waals surface area contributed by atoms with Crippen molar-refractivity contribution in [2.45, 2.75) is 57.3 Å². The van der Waals surface area contributed by atoms with Gasteiger partial charge in [-0.15, -0.1) is 4.83 Å². The molecule has 1 aromatic carbocycles. The third kappa shape index (κ3) is 5.61. The Labute approximate surface area is 184 Å². The number of hydrogen-bond donors (Lipinski definition) is 1. The van der Waals surface area contributed by atoms with Crippen molar-refractivity contribution >= 4 is 16.1 Å². The lowest BCUT2D eigenvalue weighted by molar-refractivity contribution is 0.201. The molecule has 6 nitrogen and oxygen atoms in total. The number of nitrogens with zero attached hydrogens (tertiary/aromatic N) is 3. The van der Waals surface area contributed by atoms with Crippen LogP contribution >= 0.6 is 0 Å². The van der Waals surface area contributed by atoms with E-state index in [0.29, 0.717) is 0 Å². The minimum absolute atomic E-state index is 0.224. The maximum Gasteiger partial charge on any atom is 0.246 e. The Bertz CT molecular complexity index is 1020. The molecule has 1 unspecified atom stereocenters. The van der Waals surface area contributed by atoms with E-state index in [4.69, 9.17) is 0 Å². The average molecular weight is 447 g/mol. The molecule has 0 spiro atoms. The number of aryl methyl sites for hydroxylation is 1. The highest BCUT2D eigenvalue weighted by atomic mass is 32.2. The zero-order valence-electron chi connectivity index (χ0n) is 18.1. The maximum absolute atomic E-state index is 13.3. The van der Waals surface area contributed by atoms with Crippen molar-refractivity contribution < 1.29 is 12.8 Å². The summed E-state index contributed by atoms with van der Waals surface area (Å²) in [6, 6.07) is 6.70. The molecule has 0 amide bonds. The number of sulfonamides is 1. The normalized spacial score (nSPS) is 20.6. The maximum atomic E-state index is 13.3. The topological polar surface area (TPSA) is 67.2 Å². The number of aromatic nitrogens is 2. The highest BCUT2D eigenvalue weighted by Crippen LogP contribution is 2.35. The zero-order valence-corrected chi connectivity index (χ0v) is 18.9. The van der Waals surface area contributed by atoms with Crippen LogP contribution in [-0.4, -0.2) is 36.3 Å². The van der Waals surface area contributed by atoms with E-state index in [2.05, 4.69) is 9.93 Å². The molecule has 1 fully saturated rings. The quantitative estimate of drug-likeness (QED) is 0.684. The summed E-state index contributed by atoms with van der Waals surface area (Å²) in [5, 5.41) is 7.67. The van der Waals surface area contributed by atoms with Crippen molar-refractivity contribution in [2.24, 2.45) is 7.05 Å². The summed E-state index contributed by atoms with van der Waals surface area (Å²) in [4.78, 5) is 2.66. The second kappa shape index (κ2) is 9.63. The number of nitrogens with one attached hydrogen (secondary N) is 1. The van der Waals surface area contributed by atoms with Crippen LogP contribution in [0, 0.1) is 5.82 Å². The second-order valence-electron chi connectivity index (χ2n) is 8.63. The first-order chi connectivity index (χ1) is 14.9. The number of hydrazine groups is 1. The van der Waals surface area contributed by atoms with Crippen LogP contribution in [0.5, 0.6) is 0 Å². The number of rotatable bonds is 6. The van der Waals surface area contributed by atoms with Crippen molar-refractivity contribution in [3.05, 3.63) is 58.0 Å². The molecule has 2 aliphatic rings. The molecule has 0 radical (unpaired) electrons. The van der Waals surface area contributed by atoms with Crippen LogP contribution in [0.2, 0.25) is 0 Å². The number of piperidine rings is 1. The van der Waals surface area contributed by atoms with Crippen molar-refractivity contribution in [2.75, 3.05) is 13.1 Å². The average Bonchev–Trinajstić information content (AvgIpc) is 2.91. The Morgan fingerprint density at radius 1 is 1.13 bits per heavy atom.